The van der Waals surface area contributed by atoms with Crippen molar-refractivity contribution < 1.29 is 10.0 Å². The van der Waals surface area contributed by atoms with Crippen LogP contribution in [0.1, 0.15) is 30.9 Å². The first-order chi connectivity index (χ1) is 8.50. The Bertz CT molecular complexity index is 463. The number of rotatable bonds is 4. The predicted molar refractivity (Wildman–Crippen MR) is 71.1 cm³/mol. The van der Waals surface area contributed by atoms with E-state index in [2.05, 4.69) is 15.9 Å². The van der Waals surface area contributed by atoms with Crippen molar-refractivity contribution in [2.75, 3.05) is 0 Å². The van der Waals surface area contributed by atoms with Gasteiger partial charge in [-0.3, -0.25) is 10.1 Å². The number of nitrogens with two attached hydrogens (primary N) is 1. The van der Waals surface area contributed by atoms with Crippen LogP contribution in [0, 0.1) is 16.0 Å². The fourth-order valence-electron chi connectivity index (χ4n) is 2.15. The number of aliphatic hydroxyl groups is 1. The van der Waals surface area contributed by atoms with Gasteiger partial charge in [-0.05, 0) is 46.3 Å². The van der Waals surface area contributed by atoms with Crippen LogP contribution in [0.3, 0.4) is 0 Å². The summed E-state index contributed by atoms with van der Waals surface area (Å²) in [5, 5.41) is 20.9. The zero-order valence-electron chi connectivity index (χ0n) is 9.75. The highest BCUT2D eigenvalue weighted by Crippen LogP contribution is 2.35. The summed E-state index contributed by atoms with van der Waals surface area (Å²) in [6, 6.07) is 4.17. The Morgan fingerprint density at radius 1 is 1.50 bits per heavy atom. The first-order valence-electron chi connectivity index (χ1n) is 5.88. The van der Waals surface area contributed by atoms with Gasteiger partial charge in [0.25, 0.3) is 5.69 Å². The van der Waals surface area contributed by atoms with Gasteiger partial charge in [0.1, 0.15) is 0 Å². The highest BCUT2D eigenvalue weighted by atomic mass is 79.9. The van der Waals surface area contributed by atoms with E-state index in [4.69, 9.17) is 5.73 Å². The zero-order chi connectivity index (χ0) is 13.3. The molecule has 2 atom stereocenters. The molecule has 1 fully saturated rings. The van der Waals surface area contributed by atoms with Crippen molar-refractivity contribution in [3.63, 3.8) is 0 Å². The molecular weight excluding hydrogens is 300 g/mol. The summed E-state index contributed by atoms with van der Waals surface area (Å²) >= 11 is 3.13. The maximum atomic E-state index is 10.8. The molecule has 0 heterocycles. The van der Waals surface area contributed by atoms with Gasteiger partial charge in [-0.1, -0.05) is 12.5 Å². The van der Waals surface area contributed by atoms with Gasteiger partial charge >= 0.3 is 0 Å². The second kappa shape index (κ2) is 5.34. The van der Waals surface area contributed by atoms with Gasteiger partial charge in [-0.2, -0.15) is 0 Å². The van der Waals surface area contributed by atoms with Gasteiger partial charge in [0, 0.05) is 6.07 Å². The van der Waals surface area contributed by atoms with Crippen molar-refractivity contribution in [3.05, 3.63) is 38.3 Å². The lowest BCUT2D eigenvalue weighted by atomic mass is 9.77. The average Bonchev–Trinajstić information content (AvgIpc) is 2.26. The standard InChI is InChI=1S/C12H15BrN2O3/c13-9-5-4-8(6-10(9)15(17)18)11(14)12(16)7-2-1-3-7/h4-7,11-12,16H,1-3,14H2/t11-,12+/m1/s1. The molecule has 0 radical (unpaired) electrons. The molecule has 0 aromatic heterocycles. The number of hydrogen-bond acceptors (Lipinski definition) is 4. The Labute approximate surface area is 113 Å². The highest BCUT2D eigenvalue weighted by molar-refractivity contribution is 9.10. The predicted octanol–water partition coefficient (Wildman–Crippen LogP) is 2.52. The minimum atomic E-state index is -0.625. The SMILES string of the molecule is N[C@H](c1ccc(Br)c([N+](=O)[O-])c1)[C@@H](O)C1CCC1. The molecule has 1 aromatic rings. The van der Waals surface area contributed by atoms with Gasteiger partial charge in [0.05, 0.1) is 21.5 Å². The van der Waals surface area contributed by atoms with Crippen molar-refractivity contribution in [2.24, 2.45) is 11.7 Å². The number of aliphatic hydroxyl groups excluding tert-OH is 1. The van der Waals surface area contributed by atoms with Crippen LogP contribution < -0.4 is 5.73 Å². The second-order valence-corrected chi connectivity index (χ2v) is 5.53. The van der Waals surface area contributed by atoms with Crippen LogP contribution in [0.25, 0.3) is 0 Å². The van der Waals surface area contributed by atoms with Crippen LogP contribution in [0.4, 0.5) is 5.69 Å². The first-order valence-corrected chi connectivity index (χ1v) is 6.67. The molecule has 18 heavy (non-hydrogen) atoms. The molecule has 2 rings (SSSR count). The lowest BCUT2D eigenvalue weighted by Gasteiger charge is -2.33. The Kier molecular flexibility index (Phi) is 3.99. The number of halogens is 1. The fraction of sp³-hybridized carbons (Fsp3) is 0.500. The minimum absolute atomic E-state index is 0.0243. The third-order valence-electron chi connectivity index (χ3n) is 3.55. The molecule has 1 aliphatic rings. The van der Waals surface area contributed by atoms with Gasteiger partial charge in [-0.15, -0.1) is 0 Å². The Morgan fingerprint density at radius 2 is 2.17 bits per heavy atom. The Morgan fingerprint density at radius 3 is 2.67 bits per heavy atom. The molecule has 1 aromatic carbocycles. The number of nitro benzene ring substituents is 1. The monoisotopic (exact) mass is 314 g/mol. The molecular formula is C12H15BrN2O3. The summed E-state index contributed by atoms with van der Waals surface area (Å²) in [5.41, 5.74) is 6.56. The summed E-state index contributed by atoms with van der Waals surface area (Å²) in [7, 11) is 0. The molecule has 0 amide bonds. The van der Waals surface area contributed by atoms with Crippen molar-refractivity contribution >= 4 is 21.6 Å². The van der Waals surface area contributed by atoms with Gasteiger partial charge < -0.3 is 10.8 Å². The zero-order valence-corrected chi connectivity index (χ0v) is 11.3. The molecule has 5 nitrogen and oxygen atoms in total. The van der Waals surface area contributed by atoms with Gasteiger partial charge in [-0.25, -0.2) is 0 Å². The van der Waals surface area contributed by atoms with E-state index in [9.17, 15) is 15.2 Å². The summed E-state index contributed by atoms with van der Waals surface area (Å²) in [6.45, 7) is 0. The number of nitro groups is 1. The molecule has 0 saturated heterocycles. The van der Waals surface area contributed by atoms with E-state index >= 15 is 0 Å². The third kappa shape index (κ3) is 2.55. The Balaban J connectivity index is 2.21. The summed E-state index contributed by atoms with van der Waals surface area (Å²) < 4.78 is 0.418. The topological polar surface area (TPSA) is 89.4 Å². The van der Waals surface area contributed by atoms with E-state index in [1.807, 2.05) is 0 Å². The van der Waals surface area contributed by atoms with Gasteiger partial charge in [0.2, 0.25) is 0 Å². The molecule has 0 bridgehead atoms. The van der Waals surface area contributed by atoms with Crippen LogP contribution in [-0.2, 0) is 0 Å². The van der Waals surface area contributed by atoms with E-state index in [0.29, 0.717) is 10.0 Å². The van der Waals surface area contributed by atoms with Crippen LogP contribution in [0.2, 0.25) is 0 Å². The van der Waals surface area contributed by atoms with Crippen molar-refractivity contribution in [1.29, 1.82) is 0 Å². The molecule has 1 saturated carbocycles. The smallest absolute Gasteiger partial charge is 0.283 e. The third-order valence-corrected chi connectivity index (χ3v) is 4.22. The van der Waals surface area contributed by atoms with Crippen LogP contribution in [-0.4, -0.2) is 16.1 Å². The maximum absolute atomic E-state index is 10.8. The summed E-state index contributed by atoms with van der Waals surface area (Å²) in [6.07, 6.45) is 2.45. The van der Waals surface area contributed by atoms with E-state index in [1.54, 1.807) is 12.1 Å². The minimum Gasteiger partial charge on any atom is -0.391 e. The second-order valence-electron chi connectivity index (χ2n) is 4.68. The largest absolute Gasteiger partial charge is 0.391 e. The van der Waals surface area contributed by atoms with Crippen LogP contribution >= 0.6 is 15.9 Å². The van der Waals surface area contributed by atoms with E-state index in [-0.39, 0.29) is 11.6 Å². The first kappa shape index (κ1) is 13.5. The van der Waals surface area contributed by atoms with Gasteiger partial charge in [0.15, 0.2) is 0 Å². The Hall–Kier alpha value is -0.980. The molecule has 0 spiro atoms. The van der Waals surface area contributed by atoms with Crippen LogP contribution in [0.15, 0.2) is 22.7 Å². The van der Waals surface area contributed by atoms with Crippen molar-refractivity contribution in [2.45, 2.75) is 31.4 Å². The number of hydrogen-bond donors (Lipinski definition) is 2. The van der Waals surface area contributed by atoms with E-state index in [1.165, 1.54) is 6.07 Å². The van der Waals surface area contributed by atoms with E-state index in [0.717, 1.165) is 19.3 Å². The summed E-state index contributed by atoms with van der Waals surface area (Å²) in [4.78, 5) is 10.4. The van der Waals surface area contributed by atoms with E-state index < -0.39 is 17.1 Å². The normalized spacial score (nSPS) is 19.1. The highest BCUT2D eigenvalue weighted by Gasteiger charge is 2.31. The van der Waals surface area contributed by atoms with Crippen molar-refractivity contribution in [3.8, 4) is 0 Å². The molecule has 0 unspecified atom stereocenters. The lowest BCUT2D eigenvalue weighted by molar-refractivity contribution is -0.385. The quantitative estimate of drug-likeness (QED) is 0.660. The summed E-state index contributed by atoms with van der Waals surface area (Å²) in [5.74, 6) is 0.225. The molecule has 6 heteroatoms. The maximum Gasteiger partial charge on any atom is 0.283 e. The lowest BCUT2D eigenvalue weighted by Crippen LogP contribution is -2.36. The van der Waals surface area contributed by atoms with Crippen molar-refractivity contribution in [1.82, 2.24) is 0 Å². The molecule has 0 aliphatic heterocycles. The van der Waals surface area contributed by atoms with Crippen LogP contribution in [0.5, 0.6) is 0 Å². The number of nitrogens with zero attached hydrogens (tertiary/aromatic N) is 1. The fourth-order valence-corrected chi connectivity index (χ4v) is 2.54. The average molecular weight is 315 g/mol. The molecule has 98 valence electrons. The number of benzene rings is 1. The molecule has 3 N–H and O–H groups in total. The molecule has 1 aliphatic carbocycles.